The van der Waals surface area contributed by atoms with Gasteiger partial charge < -0.3 is 10.1 Å². The number of imidazole rings is 1. The highest BCUT2D eigenvalue weighted by Gasteiger charge is 2.06. The van der Waals surface area contributed by atoms with Crippen molar-refractivity contribution in [1.29, 1.82) is 0 Å². The maximum atomic E-state index is 9.71. The molecule has 2 N–H and O–H groups in total. The first-order valence-electron chi connectivity index (χ1n) is 6.13. The molecule has 0 aliphatic carbocycles. The van der Waals surface area contributed by atoms with Crippen LogP contribution in [0.4, 0.5) is 0 Å². The molecule has 3 aromatic rings. The van der Waals surface area contributed by atoms with Crippen molar-refractivity contribution in [2.24, 2.45) is 0 Å². The number of H-pyrrole nitrogens is 1. The number of halogens is 1. The van der Waals surface area contributed by atoms with Crippen LogP contribution in [0, 0.1) is 0 Å². The Bertz CT molecular complexity index is 721. The standard InChI is InChI=1S/C15H13ClN2O/c16-11-4-1-3-10(9-11)7-8-14-17-12-5-2-6-13(19)15(12)18-14/h1-6,9,19H,7-8H2,(H,17,18). The Morgan fingerprint density at radius 3 is 2.74 bits per heavy atom. The number of phenolic OH excluding ortho intramolecular Hbond substituents is 1. The molecule has 0 aliphatic rings. The number of aromatic amines is 1. The van der Waals surface area contributed by atoms with E-state index in [9.17, 15) is 5.11 Å². The van der Waals surface area contributed by atoms with Crippen LogP contribution in [0.25, 0.3) is 11.0 Å². The zero-order valence-electron chi connectivity index (χ0n) is 10.2. The third-order valence-corrected chi connectivity index (χ3v) is 3.32. The summed E-state index contributed by atoms with van der Waals surface area (Å²) < 4.78 is 0. The van der Waals surface area contributed by atoms with E-state index >= 15 is 0 Å². The molecular weight excluding hydrogens is 260 g/mol. The zero-order chi connectivity index (χ0) is 13.2. The summed E-state index contributed by atoms with van der Waals surface area (Å²) in [6.45, 7) is 0. The molecule has 19 heavy (non-hydrogen) atoms. The summed E-state index contributed by atoms with van der Waals surface area (Å²) in [7, 11) is 0. The smallest absolute Gasteiger partial charge is 0.143 e. The van der Waals surface area contributed by atoms with Crippen LogP contribution >= 0.6 is 11.6 Å². The fourth-order valence-electron chi connectivity index (χ4n) is 2.14. The molecule has 0 aliphatic heterocycles. The largest absolute Gasteiger partial charge is 0.506 e. The third-order valence-electron chi connectivity index (χ3n) is 3.08. The summed E-state index contributed by atoms with van der Waals surface area (Å²) in [5, 5.41) is 10.5. The van der Waals surface area contributed by atoms with Crippen molar-refractivity contribution in [1.82, 2.24) is 9.97 Å². The van der Waals surface area contributed by atoms with E-state index in [1.54, 1.807) is 12.1 Å². The Labute approximate surface area is 115 Å². The van der Waals surface area contributed by atoms with E-state index in [-0.39, 0.29) is 5.75 Å². The van der Waals surface area contributed by atoms with Crippen LogP contribution in [0.5, 0.6) is 5.75 Å². The number of para-hydroxylation sites is 1. The highest BCUT2D eigenvalue weighted by molar-refractivity contribution is 6.30. The molecule has 0 unspecified atom stereocenters. The number of rotatable bonds is 3. The van der Waals surface area contributed by atoms with Gasteiger partial charge in [-0.1, -0.05) is 29.8 Å². The van der Waals surface area contributed by atoms with Gasteiger partial charge in [-0.3, -0.25) is 0 Å². The predicted molar refractivity (Wildman–Crippen MR) is 76.6 cm³/mol. The van der Waals surface area contributed by atoms with E-state index in [2.05, 4.69) is 9.97 Å². The van der Waals surface area contributed by atoms with Crippen LogP contribution in [-0.2, 0) is 12.8 Å². The lowest BCUT2D eigenvalue weighted by atomic mass is 10.1. The van der Waals surface area contributed by atoms with Gasteiger partial charge in [-0.25, -0.2) is 4.98 Å². The second-order valence-corrected chi connectivity index (χ2v) is 4.92. The van der Waals surface area contributed by atoms with Crippen molar-refractivity contribution in [2.45, 2.75) is 12.8 Å². The number of hydrogen-bond acceptors (Lipinski definition) is 2. The van der Waals surface area contributed by atoms with Gasteiger partial charge in [-0.05, 0) is 36.2 Å². The molecule has 3 rings (SSSR count). The van der Waals surface area contributed by atoms with Gasteiger partial charge in [0.05, 0.1) is 5.52 Å². The molecule has 3 nitrogen and oxygen atoms in total. The maximum absolute atomic E-state index is 9.71. The molecule has 2 aromatic carbocycles. The lowest BCUT2D eigenvalue weighted by Crippen LogP contribution is -1.93. The molecule has 0 fully saturated rings. The normalized spacial score (nSPS) is 11.0. The number of fused-ring (bicyclic) bond motifs is 1. The Morgan fingerprint density at radius 2 is 1.95 bits per heavy atom. The lowest BCUT2D eigenvalue weighted by Gasteiger charge is -1.99. The second kappa shape index (κ2) is 4.94. The molecule has 0 saturated heterocycles. The summed E-state index contributed by atoms with van der Waals surface area (Å²) >= 11 is 5.96. The number of nitrogens with zero attached hydrogens (tertiary/aromatic N) is 1. The number of aryl methyl sites for hydroxylation is 2. The van der Waals surface area contributed by atoms with Crippen LogP contribution in [-0.4, -0.2) is 15.1 Å². The summed E-state index contributed by atoms with van der Waals surface area (Å²) in [6.07, 6.45) is 1.65. The van der Waals surface area contributed by atoms with Crippen LogP contribution < -0.4 is 0 Å². The minimum Gasteiger partial charge on any atom is -0.506 e. The molecule has 0 saturated carbocycles. The Kier molecular flexibility index (Phi) is 3.13. The third kappa shape index (κ3) is 2.56. The molecule has 0 amide bonds. The highest BCUT2D eigenvalue weighted by Crippen LogP contribution is 2.22. The number of hydrogen-bond donors (Lipinski definition) is 2. The average molecular weight is 273 g/mol. The molecule has 0 spiro atoms. The van der Waals surface area contributed by atoms with Gasteiger partial charge in [0.25, 0.3) is 0 Å². The molecule has 0 radical (unpaired) electrons. The number of phenols is 1. The molecule has 0 atom stereocenters. The maximum Gasteiger partial charge on any atom is 0.143 e. The van der Waals surface area contributed by atoms with E-state index in [1.807, 2.05) is 30.3 Å². The van der Waals surface area contributed by atoms with Crippen molar-refractivity contribution in [2.75, 3.05) is 0 Å². The minimum absolute atomic E-state index is 0.211. The molecule has 4 heteroatoms. The lowest BCUT2D eigenvalue weighted by molar-refractivity contribution is 0.480. The van der Waals surface area contributed by atoms with E-state index in [4.69, 9.17) is 11.6 Å². The second-order valence-electron chi connectivity index (χ2n) is 4.49. The van der Waals surface area contributed by atoms with E-state index in [1.165, 1.54) is 5.56 Å². The quantitative estimate of drug-likeness (QED) is 0.764. The zero-order valence-corrected chi connectivity index (χ0v) is 11.0. The number of aromatic nitrogens is 2. The number of nitrogens with one attached hydrogen (secondary N) is 1. The number of benzene rings is 2. The van der Waals surface area contributed by atoms with Crippen LogP contribution in [0.2, 0.25) is 5.02 Å². The Balaban J connectivity index is 1.80. The Morgan fingerprint density at radius 1 is 1.11 bits per heavy atom. The average Bonchev–Trinajstić information content (AvgIpc) is 2.81. The van der Waals surface area contributed by atoms with Gasteiger partial charge in [0.1, 0.15) is 17.1 Å². The van der Waals surface area contributed by atoms with Gasteiger partial charge >= 0.3 is 0 Å². The predicted octanol–water partition coefficient (Wildman–Crippen LogP) is 3.71. The van der Waals surface area contributed by atoms with E-state index < -0.39 is 0 Å². The van der Waals surface area contributed by atoms with Crippen LogP contribution in [0.1, 0.15) is 11.4 Å². The molecule has 1 heterocycles. The number of aromatic hydroxyl groups is 1. The van der Waals surface area contributed by atoms with Gasteiger partial charge in [0, 0.05) is 11.4 Å². The summed E-state index contributed by atoms with van der Waals surface area (Å²) in [6, 6.07) is 13.2. The summed E-state index contributed by atoms with van der Waals surface area (Å²) in [4.78, 5) is 7.63. The summed E-state index contributed by atoms with van der Waals surface area (Å²) in [5.41, 5.74) is 2.67. The molecule has 0 bridgehead atoms. The van der Waals surface area contributed by atoms with Gasteiger partial charge in [0.15, 0.2) is 0 Å². The van der Waals surface area contributed by atoms with Gasteiger partial charge in [0.2, 0.25) is 0 Å². The van der Waals surface area contributed by atoms with E-state index in [0.29, 0.717) is 5.52 Å². The first-order valence-corrected chi connectivity index (χ1v) is 6.51. The van der Waals surface area contributed by atoms with Gasteiger partial charge in [-0.2, -0.15) is 0 Å². The SMILES string of the molecule is Oc1cccc2[nH]c(CCc3cccc(Cl)c3)nc12. The van der Waals surface area contributed by atoms with Crippen LogP contribution in [0.3, 0.4) is 0 Å². The van der Waals surface area contributed by atoms with Crippen molar-refractivity contribution in [3.05, 3.63) is 58.9 Å². The fraction of sp³-hybridized carbons (Fsp3) is 0.133. The van der Waals surface area contributed by atoms with Crippen molar-refractivity contribution in [3.8, 4) is 5.75 Å². The minimum atomic E-state index is 0.211. The fourth-order valence-corrected chi connectivity index (χ4v) is 2.35. The van der Waals surface area contributed by atoms with Crippen molar-refractivity contribution in [3.63, 3.8) is 0 Å². The topological polar surface area (TPSA) is 48.9 Å². The van der Waals surface area contributed by atoms with Crippen LogP contribution in [0.15, 0.2) is 42.5 Å². The van der Waals surface area contributed by atoms with Gasteiger partial charge in [-0.15, -0.1) is 0 Å². The molecule has 1 aromatic heterocycles. The first-order chi connectivity index (χ1) is 9.22. The molecular formula is C15H13ClN2O. The summed E-state index contributed by atoms with van der Waals surface area (Å²) in [5.74, 6) is 1.08. The monoisotopic (exact) mass is 272 g/mol. The first kappa shape index (κ1) is 12.1. The van der Waals surface area contributed by atoms with E-state index in [0.717, 1.165) is 29.2 Å². The molecule has 96 valence electrons. The highest BCUT2D eigenvalue weighted by atomic mass is 35.5. The van der Waals surface area contributed by atoms with Crippen molar-refractivity contribution < 1.29 is 5.11 Å². The van der Waals surface area contributed by atoms with Crippen molar-refractivity contribution >= 4 is 22.6 Å². The Hall–Kier alpha value is -2.00.